The van der Waals surface area contributed by atoms with Crippen LogP contribution in [0.1, 0.15) is 5.76 Å². The molecule has 0 fully saturated rings. The van der Waals surface area contributed by atoms with Crippen molar-refractivity contribution in [1.29, 1.82) is 0 Å². The van der Waals surface area contributed by atoms with Crippen LogP contribution in [0.15, 0.2) is 51.0 Å². The smallest absolute Gasteiger partial charge is 0.211 e. The standard InChI is InChI=1S/C12H11FN4O/c13-10-4-2-1-3-9(10)11-6-5-8(18-11)7-16-17-12(14)15/h1-7H,(H4,14,15,17)/b16-7+. The van der Waals surface area contributed by atoms with Crippen molar-refractivity contribution >= 4 is 12.2 Å². The molecule has 0 bridgehead atoms. The second-order valence-electron chi connectivity index (χ2n) is 3.45. The first kappa shape index (κ1) is 11.8. The summed E-state index contributed by atoms with van der Waals surface area (Å²) in [6.07, 6.45) is 1.34. The molecule has 1 aromatic carbocycles. The third-order valence-electron chi connectivity index (χ3n) is 2.12. The monoisotopic (exact) mass is 246 g/mol. The zero-order valence-corrected chi connectivity index (χ0v) is 9.38. The fraction of sp³-hybridized carbons (Fsp3) is 0. The minimum absolute atomic E-state index is 0.146. The summed E-state index contributed by atoms with van der Waals surface area (Å²) < 4.78 is 18.9. The Morgan fingerprint density at radius 3 is 2.67 bits per heavy atom. The molecule has 0 amide bonds. The molecule has 2 rings (SSSR count). The number of halogens is 1. The molecule has 0 saturated heterocycles. The first-order chi connectivity index (χ1) is 8.66. The topological polar surface area (TPSA) is 89.9 Å². The van der Waals surface area contributed by atoms with E-state index in [0.29, 0.717) is 17.1 Å². The summed E-state index contributed by atoms with van der Waals surface area (Å²) in [5.74, 6) is 0.351. The average molecular weight is 246 g/mol. The van der Waals surface area contributed by atoms with Crippen LogP contribution < -0.4 is 11.5 Å². The number of furan rings is 1. The molecule has 0 unspecified atom stereocenters. The molecular formula is C12H11FN4O. The van der Waals surface area contributed by atoms with E-state index in [-0.39, 0.29) is 11.8 Å². The summed E-state index contributed by atoms with van der Waals surface area (Å²) in [6.45, 7) is 0. The quantitative estimate of drug-likeness (QED) is 0.490. The molecule has 1 heterocycles. The Kier molecular flexibility index (Phi) is 3.38. The highest BCUT2D eigenvalue weighted by molar-refractivity contribution is 5.80. The molecule has 18 heavy (non-hydrogen) atoms. The Bertz CT molecular complexity index is 600. The molecule has 6 heteroatoms. The van der Waals surface area contributed by atoms with Gasteiger partial charge in [0.1, 0.15) is 17.3 Å². The van der Waals surface area contributed by atoms with Crippen molar-refractivity contribution in [3.8, 4) is 11.3 Å². The van der Waals surface area contributed by atoms with E-state index < -0.39 is 0 Å². The van der Waals surface area contributed by atoms with Crippen LogP contribution in [0.3, 0.4) is 0 Å². The van der Waals surface area contributed by atoms with Crippen molar-refractivity contribution in [2.24, 2.45) is 21.7 Å². The fourth-order valence-corrected chi connectivity index (χ4v) is 1.38. The molecule has 0 aliphatic heterocycles. The van der Waals surface area contributed by atoms with Gasteiger partial charge in [-0.15, -0.1) is 5.10 Å². The van der Waals surface area contributed by atoms with E-state index in [0.717, 1.165) is 0 Å². The Balaban J connectivity index is 2.24. The molecule has 0 atom stereocenters. The van der Waals surface area contributed by atoms with E-state index in [2.05, 4.69) is 10.2 Å². The first-order valence-electron chi connectivity index (χ1n) is 5.13. The zero-order valence-electron chi connectivity index (χ0n) is 9.38. The number of rotatable bonds is 3. The summed E-state index contributed by atoms with van der Waals surface area (Å²) in [7, 11) is 0. The van der Waals surface area contributed by atoms with E-state index in [1.807, 2.05) is 0 Å². The SMILES string of the molecule is NC(N)=N/N=C/c1ccc(-c2ccccc2F)o1. The summed E-state index contributed by atoms with van der Waals surface area (Å²) >= 11 is 0. The Labute approximate surface area is 103 Å². The molecule has 0 saturated carbocycles. The predicted molar refractivity (Wildman–Crippen MR) is 67.5 cm³/mol. The van der Waals surface area contributed by atoms with Gasteiger partial charge in [0.05, 0.1) is 11.8 Å². The maximum Gasteiger partial charge on any atom is 0.211 e. The van der Waals surface area contributed by atoms with E-state index in [4.69, 9.17) is 15.9 Å². The Morgan fingerprint density at radius 1 is 1.17 bits per heavy atom. The van der Waals surface area contributed by atoms with Crippen molar-refractivity contribution < 1.29 is 8.81 Å². The van der Waals surface area contributed by atoms with Crippen molar-refractivity contribution in [1.82, 2.24) is 0 Å². The van der Waals surface area contributed by atoms with E-state index in [1.54, 1.807) is 30.3 Å². The van der Waals surface area contributed by atoms with Crippen LogP contribution in [-0.4, -0.2) is 12.2 Å². The number of nitrogens with two attached hydrogens (primary N) is 2. The number of hydrogen-bond donors (Lipinski definition) is 2. The maximum atomic E-state index is 13.5. The minimum atomic E-state index is -0.348. The lowest BCUT2D eigenvalue weighted by Crippen LogP contribution is -2.21. The van der Waals surface area contributed by atoms with E-state index >= 15 is 0 Å². The zero-order chi connectivity index (χ0) is 13.0. The van der Waals surface area contributed by atoms with E-state index in [9.17, 15) is 4.39 Å². The van der Waals surface area contributed by atoms with Crippen LogP contribution in [0.5, 0.6) is 0 Å². The Hall–Kier alpha value is -2.63. The molecule has 5 nitrogen and oxygen atoms in total. The van der Waals surface area contributed by atoms with E-state index in [1.165, 1.54) is 12.3 Å². The minimum Gasteiger partial charge on any atom is -0.455 e. The lowest BCUT2D eigenvalue weighted by atomic mass is 10.1. The van der Waals surface area contributed by atoms with Crippen LogP contribution in [-0.2, 0) is 0 Å². The van der Waals surface area contributed by atoms with Crippen molar-refractivity contribution in [2.45, 2.75) is 0 Å². The van der Waals surface area contributed by atoms with Gasteiger partial charge < -0.3 is 15.9 Å². The van der Waals surface area contributed by atoms with Crippen LogP contribution in [0.4, 0.5) is 4.39 Å². The molecule has 0 aliphatic rings. The highest BCUT2D eigenvalue weighted by Crippen LogP contribution is 2.24. The second-order valence-corrected chi connectivity index (χ2v) is 3.45. The predicted octanol–water partition coefficient (Wildman–Crippen LogP) is 1.69. The molecule has 92 valence electrons. The van der Waals surface area contributed by atoms with Gasteiger partial charge >= 0.3 is 0 Å². The lowest BCUT2D eigenvalue weighted by molar-refractivity contribution is 0.563. The van der Waals surface area contributed by atoms with Gasteiger partial charge in [0, 0.05) is 0 Å². The molecule has 2 aromatic rings. The highest BCUT2D eigenvalue weighted by atomic mass is 19.1. The first-order valence-corrected chi connectivity index (χ1v) is 5.13. The van der Waals surface area contributed by atoms with Crippen LogP contribution in [0.2, 0.25) is 0 Å². The van der Waals surface area contributed by atoms with Gasteiger partial charge in [-0.05, 0) is 24.3 Å². The number of benzene rings is 1. The van der Waals surface area contributed by atoms with Gasteiger partial charge in [-0.2, -0.15) is 5.10 Å². The van der Waals surface area contributed by atoms with Gasteiger partial charge in [0.25, 0.3) is 0 Å². The van der Waals surface area contributed by atoms with Crippen LogP contribution in [0, 0.1) is 5.82 Å². The van der Waals surface area contributed by atoms with Gasteiger partial charge in [0.2, 0.25) is 5.96 Å². The summed E-state index contributed by atoms with van der Waals surface area (Å²) in [5, 5.41) is 7.02. The molecular weight excluding hydrogens is 235 g/mol. The normalized spacial score (nSPS) is 10.7. The molecule has 0 radical (unpaired) electrons. The van der Waals surface area contributed by atoms with Crippen LogP contribution in [0.25, 0.3) is 11.3 Å². The highest BCUT2D eigenvalue weighted by Gasteiger charge is 2.07. The van der Waals surface area contributed by atoms with Crippen LogP contribution >= 0.6 is 0 Å². The average Bonchev–Trinajstić information content (AvgIpc) is 2.78. The molecule has 0 aliphatic carbocycles. The summed E-state index contributed by atoms with van der Waals surface area (Å²) in [4.78, 5) is 0. The Morgan fingerprint density at radius 2 is 1.94 bits per heavy atom. The van der Waals surface area contributed by atoms with Gasteiger partial charge in [-0.25, -0.2) is 4.39 Å². The van der Waals surface area contributed by atoms with Gasteiger partial charge in [0.15, 0.2) is 0 Å². The second kappa shape index (κ2) is 5.13. The number of guanidine groups is 1. The summed E-state index contributed by atoms with van der Waals surface area (Å²) in [5.41, 5.74) is 10.6. The van der Waals surface area contributed by atoms with Crippen molar-refractivity contribution in [3.05, 3.63) is 48.0 Å². The van der Waals surface area contributed by atoms with Gasteiger partial charge in [-0.3, -0.25) is 0 Å². The largest absolute Gasteiger partial charge is 0.455 e. The number of hydrogen-bond acceptors (Lipinski definition) is 3. The fourth-order valence-electron chi connectivity index (χ4n) is 1.38. The third kappa shape index (κ3) is 2.73. The molecule has 0 spiro atoms. The summed E-state index contributed by atoms with van der Waals surface area (Å²) in [6, 6.07) is 9.63. The van der Waals surface area contributed by atoms with Crippen molar-refractivity contribution in [2.75, 3.05) is 0 Å². The number of nitrogens with zero attached hydrogens (tertiary/aromatic N) is 2. The van der Waals surface area contributed by atoms with Crippen molar-refractivity contribution in [3.63, 3.8) is 0 Å². The van der Waals surface area contributed by atoms with Gasteiger partial charge in [-0.1, -0.05) is 12.1 Å². The molecule has 1 aromatic heterocycles. The molecule has 4 N–H and O–H groups in total. The lowest BCUT2D eigenvalue weighted by Gasteiger charge is -1.97. The third-order valence-corrected chi connectivity index (χ3v) is 2.12. The maximum absolute atomic E-state index is 13.5.